The fraction of sp³-hybridized carbons (Fsp3) is 0.773. The van der Waals surface area contributed by atoms with Gasteiger partial charge in [0.15, 0.2) is 0 Å². The van der Waals surface area contributed by atoms with Gasteiger partial charge in [-0.3, -0.25) is 19.3 Å². The summed E-state index contributed by atoms with van der Waals surface area (Å²) >= 11 is 0. The van der Waals surface area contributed by atoms with E-state index in [1.807, 2.05) is 34.6 Å². The number of hydrogen-bond donors (Lipinski definition) is 2. The van der Waals surface area contributed by atoms with Gasteiger partial charge in [0.25, 0.3) is 0 Å². The van der Waals surface area contributed by atoms with Gasteiger partial charge in [0.05, 0.1) is 11.8 Å². The van der Waals surface area contributed by atoms with Crippen molar-refractivity contribution in [2.24, 2.45) is 29.6 Å². The Labute approximate surface area is 167 Å². The molecule has 1 saturated carbocycles. The Morgan fingerprint density at radius 3 is 2.21 bits per heavy atom. The Bertz CT molecular complexity index is 667. The minimum absolute atomic E-state index is 0.0221. The summed E-state index contributed by atoms with van der Waals surface area (Å²) in [6, 6.07) is 0. The number of imide groups is 1. The molecule has 2 aliphatic carbocycles. The summed E-state index contributed by atoms with van der Waals surface area (Å²) in [5, 5.41) is 12.1. The summed E-state index contributed by atoms with van der Waals surface area (Å²) in [5.41, 5.74) is -1.07. The van der Waals surface area contributed by atoms with Gasteiger partial charge in [0.2, 0.25) is 17.7 Å². The first-order valence-corrected chi connectivity index (χ1v) is 10.4. The second kappa shape index (κ2) is 7.29. The lowest BCUT2D eigenvalue weighted by Crippen LogP contribution is -2.50. The summed E-state index contributed by atoms with van der Waals surface area (Å²) in [7, 11) is 0. The van der Waals surface area contributed by atoms with Crippen LogP contribution >= 0.6 is 0 Å². The molecule has 5 atom stereocenters. The van der Waals surface area contributed by atoms with Crippen molar-refractivity contribution in [3.63, 3.8) is 0 Å². The van der Waals surface area contributed by atoms with Crippen molar-refractivity contribution < 1.29 is 19.5 Å². The molecule has 0 spiro atoms. The van der Waals surface area contributed by atoms with E-state index < -0.39 is 11.1 Å². The summed E-state index contributed by atoms with van der Waals surface area (Å²) in [5.74, 6) is -0.0429. The maximum atomic E-state index is 13.1. The number of amides is 3. The zero-order valence-electron chi connectivity index (χ0n) is 17.7. The zero-order valence-corrected chi connectivity index (χ0v) is 17.7. The number of nitrogens with zero attached hydrogens (tertiary/aromatic N) is 1. The monoisotopic (exact) mass is 390 g/mol. The van der Waals surface area contributed by atoms with Crippen molar-refractivity contribution >= 4 is 17.7 Å². The molecule has 3 rings (SSSR count). The van der Waals surface area contributed by atoms with Crippen molar-refractivity contribution in [3.8, 4) is 0 Å². The SMILES string of the molecule is CC(CC(=O)NC(C)(C)CCO)CC(C)(C)N1C(=O)C2C3C=CC(C3)C2C1=O. The first-order chi connectivity index (χ1) is 13.0. The molecule has 3 aliphatic rings. The largest absolute Gasteiger partial charge is 0.396 e. The van der Waals surface area contributed by atoms with E-state index >= 15 is 0 Å². The second-order valence-corrected chi connectivity index (χ2v) is 10.2. The first kappa shape index (κ1) is 21.0. The van der Waals surface area contributed by atoms with Crippen LogP contribution < -0.4 is 5.32 Å². The van der Waals surface area contributed by atoms with Gasteiger partial charge in [0, 0.05) is 24.1 Å². The third-order valence-electron chi connectivity index (χ3n) is 6.67. The summed E-state index contributed by atoms with van der Waals surface area (Å²) in [4.78, 5) is 40.0. The van der Waals surface area contributed by atoms with Crippen LogP contribution in [0.2, 0.25) is 0 Å². The van der Waals surface area contributed by atoms with Gasteiger partial charge in [-0.05, 0) is 64.7 Å². The molecular weight excluding hydrogens is 356 g/mol. The standard InChI is InChI=1S/C22H34N2O4/c1-13(10-16(26)23-21(2,3)8-9-25)12-22(4,5)24-19(27)17-14-6-7-15(11-14)18(17)20(24)28/h6-7,13-15,17-18,25H,8-12H2,1-5H3,(H,23,26). The van der Waals surface area contributed by atoms with E-state index in [0.29, 0.717) is 19.3 Å². The summed E-state index contributed by atoms with van der Waals surface area (Å²) in [6.07, 6.45) is 6.55. The number of aliphatic hydroxyl groups excluding tert-OH is 1. The highest BCUT2D eigenvalue weighted by atomic mass is 16.3. The molecule has 6 nitrogen and oxygen atoms in total. The molecular formula is C22H34N2O4. The van der Waals surface area contributed by atoms with Crippen LogP contribution in [0.1, 0.15) is 60.3 Å². The van der Waals surface area contributed by atoms with Gasteiger partial charge in [-0.1, -0.05) is 19.1 Å². The maximum Gasteiger partial charge on any atom is 0.234 e. The first-order valence-electron chi connectivity index (χ1n) is 10.4. The molecule has 6 heteroatoms. The van der Waals surface area contributed by atoms with Crippen LogP contribution in [0.5, 0.6) is 0 Å². The van der Waals surface area contributed by atoms with Crippen LogP contribution in [0.4, 0.5) is 0 Å². The number of hydrogen-bond acceptors (Lipinski definition) is 4. The molecule has 2 N–H and O–H groups in total. The lowest BCUT2D eigenvalue weighted by Gasteiger charge is -2.37. The molecule has 156 valence electrons. The number of fused-ring (bicyclic) bond motifs is 5. The molecule has 5 unspecified atom stereocenters. The molecule has 28 heavy (non-hydrogen) atoms. The van der Waals surface area contributed by atoms with E-state index in [-0.39, 0.29) is 53.9 Å². The van der Waals surface area contributed by atoms with Crippen LogP contribution in [0, 0.1) is 29.6 Å². The van der Waals surface area contributed by atoms with Gasteiger partial charge < -0.3 is 10.4 Å². The predicted octanol–water partition coefficient (Wildman–Crippen LogP) is 2.27. The number of carbonyl (C=O) groups is 3. The quantitative estimate of drug-likeness (QED) is 0.492. The summed E-state index contributed by atoms with van der Waals surface area (Å²) in [6.45, 7) is 9.65. The van der Waals surface area contributed by atoms with Gasteiger partial charge in [-0.25, -0.2) is 0 Å². The Hall–Kier alpha value is -1.69. The Morgan fingerprint density at radius 1 is 1.18 bits per heavy atom. The average Bonchev–Trinajstić information content (AvgIpc) is 3.19. The number of allylic oxidation sites excluding steroid dienone is 2. The Morgan fingerprint density at radius 2 is 1.71 bits per heavy atom. The smallest absolute Gasteiger partial charge is 0.234 e. The van der Waals surface area contributed by atoms with Crippen molar-refractivity contribution in [2.75, 3.05) is 6.61 Å². The van der Waals surface area contributed by atoms with E-state index in [9.17, 15) is 14.4 Å². The highest BCUT2D eigenvalue weighted by molar-refractivity contribution is 6.07. The Kier molecular flexibility index (Phi) is 5.47. The average molecular weight is 391 g/mol. The molecule has 1 aliphatic heterocycles. The number of carbonyl (C=O) groups excluding carboxylic acids is 3. The molecule has 0 aromatic heterocycles. The number of aliphatic hydroxyl groups is 1. The second-order valence-electron chi connectivity index (χ2n) is 10.2. The van der Waals surface area contributed by atoms with Crippen molar-refractivity contribution in [1.82, 2.24) is 10.2 Å². The number of likely N-dealkylation sites (tertiary alicyclic amines) is 1. The van der Waals surface area contributed by atoms with Crippen molar-refractivity contribution in [1.29, 1.82) is 0 Å². The Balaban J connectivity index is 1.61. The van der Waals surface area contributed by atoms with Crippen molar-refractivity contribution in [3.05, 3.63) is 12.2 Å². The molecule has 0 radical (unpaired) electrons. The maximum absolute atomic E-state index is 13.1. The predicted molar refractivity (Wildman–Crippen MR) is 106 cm³/mol. The van der Waals surface area contributed by atoms with Crippen LogP contribution in [-0.4, -0.2) is 45.4 Å². The topological polar surface area (TPSA) is 86.7 Å². The van der Waals surface area contributed by atoms with Gasteiger partial charge >= 0.3 is 0 Å². The third-order valence-corrected chi connectivity index (χ3v) is 6.67. The highest BCUT2D eigenvalue weighted by Crippen LogP contribution is 2.54. The highest BCUT2D eigenvalue weighted by Gasteiger charge is 2.61. The molecule has 2 bridgehead atoms. The van der Waals surface area contributed by atoms with E-state index in [2.05, 4.69) is 17.5 Å². The van der Waals surface area contributed by atoms with Crippen LogP contribution in [0.15, 0.2) is 12.2 Å². The lowest BCUT2D eigenvalue weighted by molar-refractivity contribution is -0.147. The van der Waals surface area contributed by atoms with Gasteiger partial charge in [0.1, 0.15) is 0 Å². The van der Waals surface area contributed by atoms with Crippen molar-refractivity contribution in [2.45, 2.75) is 71.4 Å². The van der Waals surface area contributed by atoms with E-state index in [1.165, 1.54) is 4.90 Å². The van der Waals surface area contributed by atoms with E-state index in [1.54, 1.807) is 0 Å². The van der Waals surface area contributed by atoms with E-state index in [0.717, 1.165) is 6.42 Å². The van der Waals surface area contributed by atoms with Gasteiger partial charge in [-0.15, -0.1) is 0 Å². The normalized spacial score (nSPS) is 30.1. The molecule has 2 fully saturated rings. The number of nitrogens with one attached hydrogen (secondary N) is 1. The molecule has 1 heterocycles. The zero-order chi connectivity index (χ0) is 20.9. The lowest BCUT2D eigenvalue weighted by atomic mass is 9.85. The molecule has 3 amide bonds. The van der Waals surface area contributed by atoms with Crippen LogP contribution in [-0.2, 0) is 14.4 Å². The van der Waals surface area contributed by atoms with E-state index in [4.69, 9.17) is 5.11 Å². The fourth-order valence-corrected chi connectivity index (χ4v) is 5.60. The third kappa shape index (κ3) is 3.76. The minimum Gasteiger partial charge on any atom is -0.396 e. The van der Waals surface area contributed by atoms with Crippen LogP contribution in [0.3, 0.4) is 0 Å². The molecule has 0 aromatic carbocycles. The van der Waals surface area contributed by atoms with Gasteiger partial charge in [-0.2, -0.15) is 0 Å². The summed E-state index contributed by atoms with van der Waals surface area (Å²) < 4.78 is 0. The fourth-order valence-electron chi connectivity index (χ4n) is 5.60. The minimum atomic E-state index is -0.613. The van der Waals surface area contributed by atoms with Crippen LogP contribution in [0.25, 0.3) is 0 Å². The molecule has 1 saturated heterocycles. The molecule has 0 aromatic rings. The number of rotatable bonds is 8.